The monoisotopic (exact) mass is 484 g/mol. The fourth-order valence-corrected chi connectivity index (χ4v) is 5.10. The molecular weight excluding hydrogens is 456 g/mol. The summed E-state index contributed by atoms with van der Waals surface area (Å²) >= 11 is 1.36. The number of anilines is 1. The number of ether oxygens (including phenoxy) is 2. The quantitative estimate of drug-likeness (QED) is 0.437. The van der Waals surface area contributed by atoms with Crippen LogP contribution in [-0.4, -0.2) is 37.0 Å². The van der Waals surface area contributed by atoms with Crippen molar-refractivity contribution in [1.82, 2.24) is 5.32 Å². The number of hydrogen-bond acceptors (Lipinski definition) is 7. The third-order valence-electron chi connectivity index (χ3n) is 5.22. The summed E-state index contributed by atoms with van der Waals surface area (Å²) in [7, 11) is 0. The lowest BCUT2D eigenvalue weighted by Crippen LogP contribution is -2.29. The van der Waals surface area contributed by atoms with Gasteiger partial charge in [0.1, 0.15) is 10.7 Å². The molecular formula is C25H28N2O6S. The minimum absolute atomic E-state index is 0.0840. The first kappa shape index (κ1) is 25.2. The molecule has 2 amide bonds. The Kier molecular flexibility index (Phi) is 8.59. The molecule has 1 aromatic carbocycles. The van der Waals surface area contributed by atoms with Crippen LogP contribution in [0.15, 0.2) is 36.0 Å². The Balaban J connectivity index is 1.71. The van der Waals surface area contributed by atoms with Gasteiger partial charge in [0.2, 0.25) is 5.91 Å². The molecule has 0 fully saturated rings. The third kappa shape index (κ3) is 6.54. The van der Waals surface area contributed by atoms with E-state index in [2.05, 4.69) is 17.6 Å². The van der Waals surface area contributed by atoms with E-state index in [-0.39, 0.29) is 12.3 Å². The molecule has 9 heteroatoms. The predicted octanol–water partition coefficient (Wildman–Crippen LogP) is 3.71. The summed E-state index contributed by atoms with van der Waals surface area (Å²) in [5.41, 5.74) is 1.91. The smallest absolute Gasteiger partial charge is 0.355 e. The molecule has 8 nitrogen and oxygen atoms in total. The Labute approximate surface area is 202 Å². The SMILES string of the molecule is CCOC(=O)c1c(NC(=O)COC(=O)/C(=C/c2ccccc2)NC(C)=O)sc2c1CCC(C)C2. The van der Waals surface area contributed by atoms with E-state index in [1.165, 1.54) is 24.3 Å². The number of hydrogen-bond donors (Lipinski definition) is 2. The van der Waals surface area contributed by atoms with E-state index in [1.807, 2.05) is 6.07 Å². The van der Waals surface area contributed by atoms with Crippen molar-refractivity contribution >= 4 is 46.2 Å². The summed E-state index contributed by atoms with van der Waals surface area (Å²) < 4.78 is 10.3. The molecule has 0 saturated carbocycles. The van der Waals surface area contributed by atoms with Gasteiger partial charge >= 0.3 is 11.9 Å². The van der Waals surface area contributed by atoms with Gasteiger partial charge in [0, 0.05) is 11.8 Å². The number of nitrogens with one attached hydrogen (secondary N) is 2. The van der Waals surface area contributed by atoms with Crippen LogP contribution < -0.4 is 10.6 Å². The zero-order valence-electron chi connectivity index (χ0n) is 19.4. The summed E-state index contributed by atoms with van der Waals surface area (Å²) in [4.78, 5) is 50.3. The molecule has 3 rings (SSSR count). The van der Waals surface area contributed by atoms with E-state index >= 15 is 0 Å². The maximum atomic E-state index is 12.6. The first-order chi connectivity index (χ1) is 16.3. The van der Waals surface area contributed by atoms with Crippen LogP contribution in [0.25, 0.3) is 6.08 Å². The van der Waals surface area contributed by atoms with Gasteiger partial charge in [0.05, 0.1) is 12.2 Å². The van der Waals surface area contributed by atoms with Crippen LogP contribution in [0, 0.1) is 5.92 Å². The lowest BCUT2D eigenvalue weighted by molar-refractivity contribution is -0.144. The average Bonchev–Trinajstić information content (AvgIpc) is 3.14. The van der Waals surface area contributed by atoms with Gasteiger partial charge in [-0.2, -0.15) is 0 Å². The van der Waals surface area contributed by atoms with E-state index < -0.39 is 30.4 Å². The second kappa shape index (κ2) is 11.6. The van der Waals surface area contributed by atoms with E-state index in [9.17, 15) is 19.2 Å². The van der Waals surface area contributed by atoms with E-state index in [4.69, 9.17) is 9.47 Å². The van der Waals surface area contributed by atoms with Gasteiger partial charge in [0.25, 0.3) is 5.91 Å². The standard InChI is InChI=1S/C25H28N2O6S/c1-4-32-25(31)22-18-11-10-15(2)12-20(18)34-23(22)27-21(29)14-33-24(30)19(26-16(3)28)13-17-8-6-5-7-9-17/h5-9,13,15H,4,10-12,14H2,1-3H3,(H,26,28)(H,27,29)/b19-13-. The molecule has 1 aliphatic rings. The van der Waals surface area contributed by atoms with Gasteiger partial charge in [-0.05, 0) is 49.3 Å². The highest BCUT2D eigenvalue weighted by molar-refractivity contribution is 7.17. The molecule has 0 radical (unpaired) electrons. The minimum atomic E-state index is -0.848. The van der Waals surface area contributed by atoms with Crippen LogP contribution in [0.5, 0.6) is 0 Å². The van der Waals surface area contributed by atoms with Crippen molar-refractivity contribution in [2.24, 2.45) is 5.92 Å². The highest BCUT2D eigenvalue weighted by atomic mass is 32.1. The number of thiophene rings is 1. The van der Waals surface area contributed by atoms with Crippen LogP contribution in [0.4, 0.5) is 5.00 Å². The van der Waals surface area contributed by atoms with Gasteiger partial charge in [-0.15, -0.1) is 11.3 Å². The maximum Gasteiger partial charge on any atom is 0.355 e. The number of rotatable bonds is 8. The third-order valence-corrected chi connectivity index (χ3v) is 6.39. The molecule has 1 aliphatic carbocycles. The summed E-state index contributed by atoms with van der Waals surface area (Å²) in [5.74, 6) is -1.86. The molecule has 0 saturated heterocycles. The number of esters is 2. The second-order valence-electron chi connectivity index (χ2n) is 8.05. The topological polar surface area (TPSA) is 111 Å². The first-order valence-electron chi connectivity index (χ1n) is 11.1. The maximum absolute atomic E-state index is 12.6. The van der Waals surface area contributed by atoms with Gasteiger partial charge in [-0.1, -0.05) is 37.3 Å². The summed E-state index contributed by atoms with van der Waals surface area (Å²) in [5, 5.41) is 5.54. The van der Waals surface area contributed by atoms with Crippen molar-refractivity contribution in [2.75, 3.05) is 18.5 Å². The van der Waals surface area contributed by atoms with Crippen LogP contribution >= 0.6 is 11.3 Å². The lowest BCUT2D eigenvalue weighted by atomic mass is 9.88. The van der Waals surface area contributed by atoms with E-state index in [0.29, 0.717) is 22.0 Å². The molecule has 34 heavy (non-hydrogen) atoms. The number of carbonyl (C=O) groups excluding carboxylic acids is 4. The number of carbonyl (C=O) groups is 4. The Morgan fingerprint density at radius 2 is 1.88 bits per heavy atom. The Morgan fingerprint density at radius 3 is 2.56 bits per heavy atom. The fourth-order valence-electron chi connectivity index (χ4n) is 3.68. The zero-order valence-corrected chi connectivity index (χ0v) is 20.3. The Bertz CT molecular complexity index is 1110. The first-order valence-corrected chi connectivity index (χ1v) is 11.9. The molecule has 1 atom stereocenters. The molecule has 1 aromatic heterocycles. The largest absolute Gasteiger partial charge is 0.462 e. The molecule has 2 N–H and O–H groups in total. The van der Waals surface area contributed by atoms with Crippen LogP contribution in [0.2, 0.25) is 0 Å². The zero-order chi connectivity index (χ0) is 24.7. The highest BCUT2D eigenvalue weighted by Crippen LogP contribution is 2.40. The van der Waals surface area contributed by atoms with Crippen molar-refractivity contribution in [3.8, 4) is 0 Å². The molecule has 180 valence electrons. The normalized spacial score (nSPS) is 15.1. The van der Waals surface area contributed by atoms with Crippen LogP contribution in [-0.2, 0) is 36.7 Å². The fraction of sp³-hybridized carbons (Fsp3) is 0.360. The van der Waals surface area contributed by atoms with E-state index in [0.717, 1.165) is 29.7 Å². The van der Waals surface area contributed by atoms with Gasteiger partial charge < -0.3 is 20.1 Å². The average molecular weight is 485 g/mol. The van der Waals surface area contributed by atoms with Crippen molar-refractivity contribution in [2.45, 2.75) is 40.0 Å². The molecule has 1 heterocycles. The van der Waals surface area contributed by atoms with Crippen molar-refractivity contribution in [3.63, 3.8) is 0 Å². The van der Waals surface area contributed by atoms with Gasteiger partial charge in [-0.25, -0.2) is 9.59 Å². The highest BCUT2D eigenvalue weighted by Gasteiger charge is 2.29. The number of fused-ring (bicyclic) bond motifs is 1. The van der Waals surface area contributed by atoms with Gasteiger partial charge in [-0.3, -0.25) is 9.59 Å². The predicted molar refractivity (Wildman–Crippen MR) is 129 cm³/mol. The summed E-state index contributed by atoms with van der Waals surface area (Å²) in [6.07, 6.45) is 4.01. The van der Waals surface area contributed by atoms with Crippen molar-refractivity contribution in [3.05, 3.63) is 57.6 Å². The summed E-state index contributed by atoms with van der Waals surface area (Å²) in [6.45, 7) is 4.80. The minimum Gasteiger partial charge on any atom is -0.462 e. The second-order valence-corrected chi connectivity index (χ2v) is 9.16. The summed E-state index contributed by atoms with van der Waals surface area (Å²) in [6, 6.07) is 8.93. The molecule has 0 bridgehead atoms. The molecule has 2 aromatic rings. The lowest BCUT2D eigenvalue weighted by Gasteiger charge is -2.18. The van der Waals surface area contributed by atoms with Crippen LogP contribution in [0.3, 0.4) is 0 Å². The Hall–Kier alpha value is -3.46. The molecule has 0 aliphatic heterocycles. The molecule has 0 spiro atoms. The number of benzene rings is 1. The number of amides is 2. The van der Waals surface area contributed by atoms with Crippen LogP contribution in [0.1, 0.15) is 53.6 Å². The van der Waals surface area contributed by atoms with Gasteiger partial charge in [0.15, 0.2) is 6.61 Å². The van der Waals surface area contributed by atoms with Crippen molar-refractivity contribution < 1.29 is 28.7 Å². The van der Waals surface area contributed by atoms with Crippen molar-refractivity contribution in [1.29, 1.82) is 0 Å². The Morgan fingerprint density at radius 1 is 1.15 bits per heavy atom. The molecule has 1 unspecified atom stereocenters. The van der Waals surface area contributed by atoms with E-state index in [1.54, 1.807) is 31.2 Å².